The van der Waals surface area contributed by atoms with Gasteiger partial charge < -0.3 is 93.7 Å². The normalized spacial score (nSPS) is 40.0. The summed E-state index contributed by atoms with van der Waals surface area (Å²) < 4.78 is 300. The van der Waals surface area contributed by atoms with Gasteiger partial charge in [-0.2, -0.15) is 73.1 Å². The van der Waals surface area contributed by atoms with E-state index >= 15 is 0 Å². The molecule has 0 spiro atoms. The first kappa shape index (κ1) is 74.1. The summed E-state index contributed by atoms with van der Waals surface area (Å²) >= 11 is 0. The molecule has 5 heterocycles. The van der Waals surface area contributed by atoms with E-state index in [9.17, 15) is 142 Å². The zero-order valence-corrected chi connectivity index (χ0v) is 47.1. The number of hydrogen-bond acceptors (Lipinski definition) is 37. The van der Waals surface area contributed by atoms with Crippen molar-refractivity contribution in [2.75, 3.05) is 19.8 Å². The van der Waals surface area contributed by atoms with Crippen molar-refractivity contribution in [1.82, 2.24) is 14.2 Å². The van der Waals surface area contributed by atoms with Gasteiger partial charge >= 0.3 is 84.4 Å². The lowest BCUT2D eigenvalue weighted by Crippen LogP contribution is -2.71. The van der Waals surface area contributed by atoms with Crippen molar-refractivity contribution in [2.45, 2.75) is 153 Å². The van der Waals surface area contributed by atoms with Crippen LogP contribution in [0.4, 0.5) is 0 Å². The van der Waals surface area contributed by atoms with Gasteiger partial charge in [-0.25, -0.2) is 26.3 Å². The third-order valence-corrected chi connectivity index (χ3v) is 15.5. The average molecular weight is 1410 g/mol. The van der Waals surface area contributed by atoms with Crippen molar-refractivity contribution in [1.29, 1.82) is 0 Å². The lowest BCUT2D eigenvalue weighted by atomic mass is 9.94. The summed E-state index contributed by atoms with van der Waals surface area (Å²) in [5.74, 6) is -4.75. The van der Waals surface area contributed by atoms with Crippen LogP contribution in [0, 0.1) is 0 Å². The number of aliphatic hydroxyl groups excluding tert-OH is 8. The largest absolute Gasteiger partial charge is 0.479 e. The van der Waals surface area contributed by atoms with Gasteiger partial charge in [0.25, 0.3) is 0 Å². The maximum Gasteiger partial charge on any atom is 0.397 e. The Balaban J connectivity index is 1.53. The number of carbonyl (C=O) groups is 2. The van der Waals surface area contributed by atoms with Gasteiger partial charge in [-0.15, -0.1) is 0 Å². The van der Waals surface area contributed by atoms with Crippen LogP contribution in [0.5, 0.6) is 0 Å². The third-order valence-electron chi connectivity index (χ3n) is 12.0. The average Bonchev–Trinajstić information content (AvgIpc) is 0.808. The lowest BCUT2D eigenvalue weighted by molar-refractivity contribution is -0.374. The number of rotatable bonds is 27. The van der Waals surface area contributed by atoms with Crippen LogP contribution in [0.25, 0.3) is 0 Å². The fraction of sp³-hybridized carbons (Fsp3) is 0.933. The Morgan fingerprint density at radius 3 is 1.09 bits per heavy atom. The highest BCUT2D eigenvalue weighted by Crippen LogP contribution is 2.38. The summed E-state index contributed by atoms with van der Waals surface area (Å²) in [6.07, 6.45) is -61.6. The van der Waals surface area contributed by atoms with E-state index in [1.54, 1.807) is 0 Å². The van der Waals surface area contributed by atoms with Crippen molar-refractivity contribution in [3.63, 3.8) is 0 Å². The molecule has 0 aromatic heterocycles. The van der Waals surface area contributed by atoms with E-state index in [1.807, 2.05) is 0 Å². The van der Waals surface area contributed by atoms with Crippen molar-refractivity contribution in [3.05, 3.63) is 0 Å². The number of aliphatic hydroxyl groups is 8. The van der Waals surface area contributed by atoms with Crippen molar-refractivity contribution in [2.24, 2.45) is 0 Å². The van der Waals surface area contributed by atoms with E-state index in [2.05, 4.69) is 16.7 Å². The van der Waals surface area contributed by atoms with Crippen LogP contribution in [0.3, 0.4) is 0 Å². The topological polar surface area (TPSA) is 773 Å². The fourth-order valence-corrected chi connectivity index (χ4v) is 11.8. The maximum atomic E-state index is 12.8. The van der Waals surface area contributed by atoms with Gasteiger partial charge in [-0.05, 0) is 0 Å². The van der Waals surface area contributed by atoms with Gasteiger partial charge in [0.05, 0.1) is 19.8 Å². The lowest BCUT2D eigenvalue weighted by Gasteiger charge is -2.50. The number of nitrogens with one attached hydrogen (secondary N) is 3. The number of aliphatic carboxylic acids is 2. The molecule has 25 atom stereocenters. The van der Waals surface area contributed by atoms with Gasteiger partial charge in [-0.1, -0.05) is 0 Å². The van der Waals surface area contributed by atoms with Gasteiger partial charge in [0.2, 0.25) is 0 Å². The molecule has 5 aliphatic heterocycles. The second-order valence-corrected chi connectivity index (χ2v) is 25.9. The highest BCUT2D eigenvalue weighted by Gasteiger charge is 2.60. The molecule has 504 valence electrons. The number of hydrogen-bond donors (Lipinski definition) is 20. The summed E-state index contributed by atoms with van der Waals surface area (Å²) in [5, 5.41) is 108. The highest BCUT2D eigenvalue weighted by atomic mass is 32.3. The van der Waals surface area contributed by atoms with E-state index in [0.29, 0.717) is 0 Å². The maximum absolute atomic E-state index is 12.8. The highest BCUT2D eigenvalue weighted by molar-refractivity contribution is 7.84. The molecule has 49 nitrogen and oxygen atoms in total. The quantitative estimate of drug-likeness (QED) is 0.0340. The Hall–Kier alpha value is -2.65. The molecule has 5 rings (SSSR count). The molecule has 0 aromatic rings. The van der Waals surface area contributed by atoms with Crippen LogP contribution < -0.4 is 14.2 Å². The Kier molecular flexibility index (Phi) is 24.2. The smallest absolute Gasteiger partial charge is 0.397 e. The fourth-order valence-electron chi connectivity index (χ4n) is 8.57. The predicted molar refractivity (Wildman–Crippen MR) is 247 cm³/mol. The van der Waals surface area contributed by atoms with E-state index in [-0.39, 0.29) is 0 Å². The Morgan fingerprint density at radius 1 is 0.349 bits per heavy atom. The Morgan fingerprint density at radius 2 is 0.698 bits per heavy atom. The molecular weight excluding hydrogens is 1360 g/mol. The van der Waals surface area contributed by atoms with Crippen molar-refractivity contribution >= 4 is 84.4 Å². The van der Waals surface area contributed by atoms with Crippen LogP contribution in [-0.2, 0) is 141 Å². The van der Waals surface area contributed by atoms with E-state index in [0.717, 1.165) is 4.72 Å². The van der Waals surface area contributed by atoms with E-state index in [1.165, 1.54) is 9.44 Å². The molecule has 20 N–H and O–H groups in total. The van der Waals surface area contributed by atoms with Crippen molar-refractivity contribution < 1.29 is 211 Å². The first-order chi connectivity index (χ1) is 38.9. The molecule has 1 unspecified atom stereocenters. The molecule has 0 aromatic carbocycles. The van der Waals surface area contributed by atoms with Crippen molar-refractivity contribution in [3.8, 4) is 0 Å². The van der Waals surface area contributed by atoms with Crippen LogP contribution in [0.15, 0.2) is 0 Å². The number of carboxylic acids is 2. The Bertz CT molecular complexity index is 3190. The van der Waals surface area contributed by atoms with Gasteiger partial charge in [0.1, 0.15) is 110 Å². The number of ether oxygens (including phenoxy) is 9. The SMILES string of the molecule is O=C(O)[C@@H]1O[C@@H](O[C@H]2[C@H](OS(=O)(=O)O)[C@@H](NS(=O)(=O)O)[C@@H](O[C@H]3[C@H](O)[C@@H](O)[C@H](O[C@H]4[C@H](O)[C@@H](NS(=O)(=O)O)C(O)O[C@@H]4COS(=O)(=O)O)O[C@H]3C(=O)O)O[C@@H]2COS(=O)(=O)O)[C@H](O)[C@@H](O)[C@@H]1O[C@H]1O[C@H](COS(=O)(=O)O)[C@@H](O)[C@H](O)[C@H]1NS(=O)(=O)O. The van der Waals surface area contributed by atoms with Crippen LogP contribution in [-0.4, -0.2) is 327 Å². The molecule has 5 aliphatic rings. The second kappa shape index (κ2) is 28.1. The van der Waals surface area contributed by atoms with Crippen LogP contribution in [0.2, 0.25) is 0 Å². The summed E-state index contributed by atoms with van der Waals surface area (Å²) in [6.45, 7) is -4.91. The molecular formula is C30H51N3O46S7. The minimum atomic E-state index is -6.27. The molecule has 0 saturated carbocycles. The molecule has 0 amide bonds. The summed E-state index contributed by atoms with van der Waals surface area (Å²) in [6, 6.07) is -8.11. The molecule has 0 radical (unpaired) electrons. The zero-order chi connectivity index (χ0) is 65.5. The molecule has 5 saturated heterocycles. The molecule has 5 fully saturated rings. The molecule has 86 heavy (non-hydrogen) atoms. The minimum Gasteiger partial charge on any atom is -0.479 e. The van der Waals surface area contributed by atoms with Crippen LogP contribution >= 0.6 is 0 Å². The van der Waals surface area contributed by atoms with E-state index in [4.69, 9.17) is 51.7 Å². The minimum absolute atomic E-state index is 1.16. The van der Waals surface area contributed by atoms with E-state index < -0.39 is 258 Å². The summed E-state index contributed by atoms with van der Waals surface area (Å²) in [7, 11) is -40.0. The van der Waals surface area contributed by atoms with Gasteiger partial charge in [-0.3, -0.25) is 31.9 Å². The zero-order valence-electron chi connectivity index (χ0n) is 41.4. The Labute approximate surface area is 480 Å². The summed E-state index contributed by atoms with van der Waals surface area (Å²) in [5.41, 5.74) is 0. The van der Waals surface area contributed by atoms with Gasteiger partial charge in [0, 0.05) is 0 Å². The first-order valence-electron chi connectivity index (χ1n) is 22.5. The number of carboxylic acid groups (broad SMARTS) is 2. The first-order valence-corrected chi connectivity index (χ1v) is 32.3. The monoisotopic (exact) mass is 1410 g/mol. The van der Waals surface area contributed by atoms with Crippen LogP contribution in [0.1, 0.15) is 0 Å². The molecule has 0 bridgehead atoms. The second-order valence-electron chi connectivity index (χ2n) is 18.0. The molecule has 0 aliphatic carbocycles. The predicted octanol–water partition coefficient (Wildman–Crippen LogP) is -14.2. The van der Waals surface area contributed by atoms with Gasteiger partial charge in [0.15, 0.2) is 43.7 Å². The summed E-state index contributed by atoms with van der Waals surface area (Å²) in [4.78, 5) is 25.5. The third kappa shape index (κ3) is 20.7. The molecule has 56 heteroatoms. The standard InChI is InChI=1S/C30H51N3O46S7/c34-10-4(1-67-83(55,56)57)71-27(8(11(10)35)32-81(49,50)51)75-20-14(38)16(40)30(78-22(20)24(41)42)74-18-6(3-69-85(61,62)63)72-28(9(33-82(52,53)54)19(18)79-86(64,65)66)76-21-13(37)15(39)29(77-23(21)25(43)44)73-17-5(2-68-84(58,59)60)70-26(45)7(12(17)36)31-80(46,47)48/h4-23,26-40,45H,1-3H2,(H,41,42)(H,43,44)(H,46,47,48)(H,49,50,51)(H,52,53,54)(H,55,56,57)(H,58,59,60)(H,61,62,63)(H,64,65,66)/t4-,5-,6-,7-,8-,9-,10-,11-,12-,13-,14-,15-,16-,17-,18-,19-,20+,21+,22-,23-,26?,27-,28-,29-,30-/m1/s1.